The van der Waals surface area contributed by atoms with Gasteiger partial charge in [0.05, 0.1) is 17.6 Å². The van der Waals surface area contributed by atoms with Crippen molar-refractivity contribution in [3.63, 3.8) is 0 Å². The molecule has 2 rings (SSSR count). The minimum atomic E-state index is 0.783. The van der Waals surface area contributed by atoms with Crippen LogP contribution in [0.25, 0.3) is 0 Å². The first-order valence-electron chi connectivity index (χ1n) is 6.39. The first-order chi connectivity index (χ1) is 8.24. The molecule has 1 fully saturated rings. The SMILES string of the molecule is CN(C)Cc1cnc(CC2CCNCC2)cn1. The molecule has 1 aromatic heterocycles. The van der Waals surface area contributed by atoms with E-state index in [1.807, 2.05) is 26.5 Å². The van der Waals surface area contributed by atoms with E-state index in [0.717, 1.165) is 43.4 Å². The van der Waals surface area contributed by atoms with Gasteiger partial charge in [-0.05, 0) is 52.4 Å². The molecule has 0 radical (unpaired) electrons. The molecule has 1 aromatic rings. The van der Waals surface area contributed by atoms with Crippen LogP contribution in [0, 0.1) is 5.92 Å². The largest absolute Gasteiger partial charge is 0.317 e. The number of hydrogen-bond donors (Lipinski definition) is 1. The van der Waals surface area contributed by atoms with Crippen LogP contribution in [0.5, 0.6) is 0 Å². The van der Waals surface area contributed by atoms with Crippen molar-refractivity contribution >= 4 is 0 Å². The summed E-state index contributed by atoms with van der Waals surface area (Å²) in [7, 11) is 4.09. The molecule has 0 saturated carbocycles. The van der Waals surface area contributed by atoms with E-state index < -0.39 is 0 Å². The summed E-state index contributed by atoms with van der Waals surface area (Å²) in [5.74, 6) is 0.783. The number of nitrogens with zero attached hydrogens (tertiary/aromatic N) is 3. The van der Waals surface area contributed by atoms with Gasteiger partial charge in [-0.3, -0.25) is 9.97 Å². The maximum Gasteiger partial charge on any atom is 0.0726 e. The summed E-state index contributed by atoms with van der Waals surface area (Å²) in [6.07, 6.45) is 7.47. The third-order valence-corrected chi connectivity index (χ3v) is 3.19. The van der Waals surface area contributed by atoms with Gasteiger partial charge in [0, 0.05) is 12.7 Å². The van der Waals surface area contributed by atoms with Crippen molar-refractivity contribution in [2.45, 2.75) is 25.8 Å². The zero-order chi connectivity index (χ0) is 12.1. The predicted octanol–water partition coefficient (Wildman–Crippen LogP) is 1.08. The van der Waals surface area contributed by atoms with Gasteiger partial charge in [0.2, 0.25) is 0 Å². The van der Waals surface area contributed by atoms with Gasteiger partial charge in [0.25, 0.3) is 0 Å². The lowest BCUT2D eigenvalue weighted by Gasteiger charge is -2.22. The second-order valence-electron chi connectivity index (χ2n) is 5.13. The van der Waals surface area contributed by atoms with E-state index in [4.69, 9.17) is 0 Å². The Morgan fingerprint density at radius 3 is 2.41 bits per heavy atom. The molecule has 94 valence electrons. The highest BCUT2D eigenvalue weighted by atomic mass is 15.1. The topological polar surface area (TPSA) is 41.1 Å². The fourth-order valence-electron chi connectivity index (χ4n) is 2.27. The Morgan fingerprint density at radius 2 is 1.82 bits per heavy atom. The highest BCUT2D eigenvalue weighted by Crippen LogP contribution is 2.16. The lowest BCUT2D eigenvalue weighted by Crippen LogP contribution is -2.28. The molecule has 0 spiro atoms. The highest BCUT2D eigenvalue weighted by molar-refractivity contribution is 5.03. The first-order valence-corrected chi connectivity index (χ1v) is 6.39. The van der Waals surface area contributed by atoms with Crippen LogP contribution in [0.3, 0.4) is 0 Å². The van der Waals surface area contributed by atoms with Crippen LogP contribution in [0.2, 0.25) is 0 Å². The quantitative estimate of drug-likeness (QED) is 0.846. The lowest BCUT2D eigenvalue weighted by atomic mass is 9.93. The summed E-state index contributed by atoms with van der Waals surface area (Å²) in [6, 6.07) is 0. The molecule has 0 bridgehead atoms. The Morgan fingerprint density at radius 1 is 1.18 bits per heavy atom. The summed E-state index contributed by atoms with van der Waals surface area (Å²) < 4.78 is 0. The van der Waals surface area contributed by atoms with Crippen molar-refractivity contribution in [1.29, 1.82) is 0 Å². The molecule has 1 aliphatic heterocycles. The maximum absolute atomic E-state index is 4.52. The van der Waals surface area contributed by atoms with E-state index in [1.54, 1.807) is 0 Å². The number of rotatable bonds is 4. The molecular formula is C13H22N4. The third-order valence-electron chi connectivity index (χ3n) is 3.19. The van der Waals surface area contributed by atoms with Crippen LogP contribution >= 0.6 is 0 Å². The van der Waals surface area contributed by atoms with E-state index in [-0.39, 0.29) is 0 Å². The Hall–Kier alpha value is -1.00. The second-order valence-corrected chi connectivity index (χ2v) is 5.13. The van der Waals surface area contributed by atoms with E-state index in [9.17, 15) is 0 Å². The minimum absolute atomic E-state index is 0.783. The van der Waals surface area contributed by atoms with Gasteiger partial charge in [-0.2, -0.15) is 0 Å². The molecule has 1 aliphatic rings. The Labute approximate surface area is 103 Å². The van der Waals surface area contributed by atoms with E-state index in [1.165, 1.54) is 12.8 Å². The van der Waals surface area contributed by atoms with Gasteiger partial charge in [-0.1, -0.05) is 0 Å². The van der Waals surface area contributed by atoms with Crippen molar-refractivity contribution in [1.82, 2.24) is 20.2 Å². The standard InChI is InChI=1S/C13H22N4/c1-17(2)10-13-9-15-12(8-16-13)7-11-3-5-14-6-4-11/h8-9,11,14H,3-7,10H2,1-2H3. The molecule has 4 heteroatoms. The number of aromatic nitrogens is 2. The summed E-state index contributed by atoms with van der Waals surface area (Å²) in [4.78, 5) is 11.1. The number of piperidine rings is 1. The summed E-state index contributed by atoms with van der Waals surface area (Å²) in [5.41, 5.74) is 2.18. The van der Waals surface area contributed by atoms with Crippen LogP contribution in [-0.2, 0) is 13.0 Å². The zero-order valence-corrected chi connectivity index (χ0v) is 10.8. The second kappa shape index (κ2) is 6.07. The van der Waals surface area contributed by atoms with Crippen LogP contribution in [0.1, 0.15) is 24.2 Å². The Kier molecular flexibility index (Phi) is 4.45. The molecule has 0 aromatic carbocycles. The zero-order valence-electron chi connectivity index (χ0n) is 10.8. The van der Waals surface area contributed by atoms with Crippen LogP contribution in [-0.4, -0.2) is 42.1 Å². The van der Waals surface area contributed by atoms with Gasteiger partial charge >= 0.3 is 0 Å². The number of hydrogen-bond acceptors (Lipinski definition) is 4. The molecular weight excluding hydrogens is 212 g/mol. The molecule has 17 heavy (non-hydrogen) atoms. The van der Waals surface area contributed by atoms with Crippen LogP contribution in [0.15, 0.2) is 12.4 Å². The first kappa shape index (κ1) is 12.5. The maximum atomic E-state index is 4.52. The normalized spacial score (nSPS) is 17.6. The summed E-state index contributed by atoms with van der Waals surface area (Å²) in [5, 5.41) is 3.39. The molecule has 0 unspecified atom stereocenters. The van der Waals surface area contributed by atoms with E-state index in [2.05, 4.69) is 20.2 Å². The average molecular weight is 234 g/mol. The van der Waals surface area contributed by atoms with Crippen molar-refractivity contribution in [2.75, 3.05) is 27.2 Å². The van der Waals surface area contributed by atoms with Crippen molar-refractivity contribution in [3.8, 4) is 0 Å². The van der Waals surface area contributed by atoms with Crippen molar-refractivity contribution < 1.29 is 0 Å². The predicted molar refractivity (Wildman–Crippen MR) is 68.7 cm³/mol. The van der Waals surface area contributed by atoms with Gasteiger partial charge in [-0.25, -0.2) is 0 Å². The minimum Gasteiger partial charge on any atom is -0.317 e. The highest BCUT2D eigenvalue weighted by Gasteiger charge is 2.14. The lowest BCUT2D eigenvalue weighted by molar-refractivity contribution is 0.369. The molecule has 0 amide bonds. The molecule has 0 aliphatic carbocycles. The van der Waals surface area contributed by atoms with Crippen LogP contribution < -0.4 is 5.32 Å². The number of nitrogens with one attached hydrogen (secondary N) is 1. The van der Waals surface area contributed by atoms with Gasteiger partial charge < -0.3 is 10.2 Å². The molecule has 2 heterocycles. The summed E-state index contributed by atoms with van der Waals surface area (Å²) >= 11 is 0. The Balaban J connectivity index is 1.88. The van der Waals surface area contributed by atoms with Gasteiger partial charge in [0.15, 0.2) is 0 Å². The third kappa shape index (κ3) is 4.06. The van der Waals surface area contributed by atoms with Crippen molar-refractivity contribution in [3.05, 3.63) is 23.8 Å². The Bertz CT molecular complexity index is 328. The fraction of sp³-hybridized carbons (Fsp3) is 0.692. The van der Waals surface area contributed by atoms with Gasteiger partial charge in [0.1, 0.15) is 0 Å². The summed E-state index contributed by atoms with van der Waals surface area (Å²) in [6.45, 7) is 3.16. The molecule has 1 N–H and O–H groups in total. The van der Waals surface area contributed by atoms with Gasteiger partial charge in [-0.15, -0.1) is 0 Å². The van der Waals surface area contributed by atoms with E-state index in [0.29, 0.717) is 0 Å². The van der Waals surface area contributed by atoms with E-state index >= 15 is 0 Å². The monoisotopic (exact) mass is 234 g/mol. The fourth-order valence-corrected chi connectivity index (χ4v) is 2.27. The molecule has 0 atom stereocenters. The molecule has 1 saturated heterocycles. The molecule has 4 nitrogen and oxygen atoms in total. The van der Waals surface area contributed by atoms with Crippen molar-refractivity contribution in [2.24, 2.45) is 5.92 Å². The smallest absolute Gasteiger partial charge is 0.0726 e. The average Bonchev–Trinajstić information content (AvgIpc) is 2.32. The van der Waals surface area contributed by atoms with Crippen LogP contribution in [0.4, 0.5) is 0 Å².